The number of piperidine rings is 1. The number of ether oxygens (including phenoxy) is 2. The highest BCUT2D eigenvalue weighted by Gasteiger charge is 2.29. The van der Waals surface area contributed by atoms with E-state index in [-0.39, 0.29) is 36.5 Å². The molecule has 2 saturated heterocycles. The third-order valence-corrected chi connectivity index (χ3v) is 6.30. The number of carbonyl (C=O) groups is 2. The van der Waals surface area contributed by atoms with E-state index >= 15 is 0 Å². The Morgan fingerprint density at radius 2 is 1.77 bits per heavy atom. The molecule has 0 bridgehead atoms. The molecule has 7 heteroatoms. The van der Waals surface area contributed by atoms with Crippen LogP contribution in [0.25, 0.3) is 0 Å². The maximum atomic E-state index is 13.1. The smallest absolute Gasteiger partial charge is 0.260 e. The Morgan fingerprint density at radius 1 is 1.13 bits per heavy atom. The molecule has 2 atom stereocenters. The summed E-state index contributed by atoms with van der Waals surface area (Å²) in [6.45, 7) is 5.86. The van der Waals surface area contributed by atoms with Crippen LogP contribution in [0.3, 0.4) is 0 Å². The summed E-state index contributed by atoms with van der Waals surface area (Å²) in [5.41, 5.74) is 0.557. The van der Waals surface area contributed by atoms with Gasteiger partial charge in [0, 0.05) is 43.4 Å². The molecule has 7 nitrogen and oxygen atoms in total. The standard InChI is InChI=1S/C24H33N3O4/c1-18-5-3-6-19(2)27(18)23(28)17-31-22-9-7-20(8-10-22)24(29)26(14-4-13-25)21-11-15-30-16-12-21/h7-10,18-19,21H,3-6,11-12,14-17H2,1-2H3. The molecule has 0 N–H and O–H groups in total. The van der Waals surface area contributed by atoms with Crippen LogP contribution in [-0.4, -0.2) is 66.1 Å². The maximum Gasteiger partial charge on any atom is 0.260 e. The minimum absolute atomic E-state index is 0.00165. The summed E-state index contributed by atoms with van der Waals surface area (Å²) < 4.78 is 11.1. The lowest BCUT2D eigenvalue weighted by Crippen LogP contribution is -2.49. The molecule has 2 amide bonds. The Hall–Kier alpha value is -2.59. The third-order valence-electron chi connectivity index (χ3n) is 6.30. The number of rotatable bonds is 7. The first kappa shape index (κ1) is 23.1. The Morgan fingerprint density at radius 3 is 2.39 bits per heavy atom. The zero-order valence-electron chi connectivity index (χ0n) is 18.6. The van der Waals surface area contributed by atoms with E-state index in [1.165, 1.54) is 0 Å². The fourth-order valence-electron chi connectivity index (χ4n) is 4.61. The summed E-state index contributed by atoms with van der Waals surface area (Å²) in [4.78, 5) is 29.4. The number of benzene rings is 1. The highest BCUT2D eigenvalue weighted by molar-refractivity contribution is 5.94. The van der Waals surface area contributed by atoms with Gasteiger partial charge in [0.2, 0.25) is 0 Å². The topological polar surface area (TPSA) is 82.9 Å². The molecule has 1 aromatic rings. The van der Waals surface area contributed by atoms with Crippen LogP contribution in [0.1, 0.15) is 62.7 Å². The van der Waals surface area contributed by atoms with E-state index in [2.05, 4.69) is 19.9 Å². The summed E-state index contributed by atoms with van der Waals surface area (Å²) in [5, 5.41) is 8.97. The van der Waals surface area contributed by atoms with Gasteiger partial charge in [0.25, 0.3) is 11.8 Å². The second kappa shape index (κ2) is 11.1. The molecule has 3 rings (SSSR count). The first-order valence-corrected chi connectivity index (χ1v) is 11.3. The summed E-state index contributed by atoms with van der Waals surface area (Å²) in [7, 11) is 0. The van der Waals surface area contributed by atoms with Crippen LogP contribution in [0.5, 0.6) is 5.75 Å². The normalized spacial score (nSPS) is 21.9. The van der Waals surface area contributed by atoms with Gasteiger partial charge < -0.3 is 19.3 Å². The molecule has 0 radical (unpaired) electrons. The highest BCUT2D eigenvalue weighted by atomic mass is 16.5. The van der Waals surface area contributed by atoms with Crippen molar-refractivity contribution < 1.29 is 19.1 Å². The average molecular weight is 428 g/mol. The van der Waals surface area contributed by atoms with Crippen LogP contribution in [0, 0.1) is 11.3 Å². The van der Waals surface area contributed by atoms with Gasteiger partial charge in [-0.2, -0.15) is 5.26 Å². The summed E-state index contributed by atoms with van der Waals surface area (Å²) in [5.74, 6) is 0.486. The van der Waals surface area contributed by atoms with E-state index in [4.69, 9.17) is 14.7 Å². The van der Waals surface area contributed by atoms with Crippen molar-refractivity contribution in [2.24, 2.45) is 0 Å². The summed E-state index contributed by atoms with van der Waals surface area (Å²) >= 11 is 0. The number of carbonyl (C=O) groups excluding carboxylic acids is 2. The highest BCUT2D eigenvalue weighted by Crippen LogP contribution is 2.23. The molecule has 2 heterocycles. The van der Waals surface area contributed by atoms with Crippen molar-refractivity contribution in [2.45, 2.75) is 70.5 Å². The molecule has 0 saturated carbocycles. The molecule has 0 aliphatic carbocycles. The Bertz CT molecular complexity index is 773. The Kier molecular flexibility index (Phi) is 8.30. The van der Waals surface area contributed by atoms with Crippen LogP contribution < -0.4 is 4.74 Å². The average Bonchev–Trinajstić information content (AvgIpc) is 2.79. The van der Waals surface area contributed by atoms with E-state index in [9.17, 15) is 9.59 Å². The van der Waals surface area contributed by atoms with E-state index in [0.29, 0.717) is 37.5 Å². The number of hydrogen-bond acceptors (Lipinski definition) is 5. The van der Waals surface area contributed by atoms with Crippen molar-refractivity contribution in [3.05, 3.63) is 29.8 Å². The number of amides is 2. The van der Waals surface area contributed by atoms with Crippen molar-refractivity contribution >= 4 is 11.8 Å². The Balaban J connectivity index is 1.59. The first-order chi connectivity index (χ1) is 15.0. The fraction of sp³-hybridized carbons (Fsp3) is 0.625. The Labute approximate surface area is 184 Å². The summed E-state index contributed by atoms with van der Waals surface area (Å²) in [6.07, 6.45) is 5.09. The lowest BCUT2D eigenvalue weighted by molar-refractivity contribution is -0.139. The van der Waals surface area contributed by atoms with Crippen molar-refractivity contribution in [1.29, 1.82) is 5.26 Å². The fourth-order valence-corrected chi connectivity index (χ4v) is 4.61. The second-order valence-corrected chi connectivity index (χ2v) is 8.49. The quantitative estimate of drug-likeness (QED) is 0.666. The van der Waals surface area contributed by atoms with Gasteiger partial charge in [-0.15, -0.1) is 0 Å². The molecular weight excluding hydrogens is 394 g/mol. The molecule has 0 aromatic heterocycles. The number of nitriles is 1. The molecule has 2 unspecified atom stereocenters. The molecule has 168 valence electrons. The molecule has 2 aliphatic rings. The van der Waals surface area contributed by atoms with Crippen LogP contribution in [0.4, 0.5) is 0 Å². The van der Waals surface area contributed by atoms with Gasteiger partial charge >= 0.3 is 0 Å². The van der Waals surface area contributed by atoms with Gasteiger partial charge in [-0.1, -0.05) is 0 Å². The summed E-state index contributed by atoms with van der Waals surface area (Å²) in [6, 6.07) is 9.63. The second-order valence-electron chi connectivity index (χ2n) is 8.49. The predicted molar refractivity (Wildman–Crippen MR) is 117 cm³/mol. The molecule has 2 fully saturated rings. The molecule has 31 heavy (non-hydrogen) atoms. The number of hydrogen-bond donors (Lipinski definition) is 0. The van der Waals surface area contributed by atoms with Crippen molar-refractivity contribution in [3.8, 4) is 11.8 Å². The third kappa shape index (κ3) is 5.98. The van der Waals surface area contributed by atoms with Gasteiger partial charge in [-0.05, 0) is 70.2 Å². The van der Waals surface area contributed by atoms with Crippen LogP contribution in [0.15, 0.2) is 24.3 Å². The predicted octanol–water partition coefficient (Wildman–Crippen LogP) is 3.39. The first-order valence-electron chi connectivity index (χ1n) is 11.3. The minimum Gasteiger partial charge on any atom is -0.484 e. The minimum atomic E-state index is -0.0826. The van der Waals surface area contributed by atoms with E-state index in [0.717, 1.165) is 32.1 Å². The van der Waals surface area contributed by atoms with Crippen molar-refractivity contribution in [2.75, 3.05) is 26.4 Å². The molecule has 2 aliphatic heterocycles. The van der Waals surface area contributed by atoms with E-state index in [1.54, 1.807) is 29.2 Å². The van der Waals surface area contributed by atoms with Gasteiger partial charge in [0.1, 0.15) is 5.75 Å². The molecule has 1 aromatic carbocycles. The van der Waals surface area contributed by atoms with Gasteiger partial charge in [0.15, 0.2) is 6.61 Å². The SMILES string of the molecule is CC1CCCC(C)N1C(=O)COc1ccc(C(=O)N(CCC#N)C2CCOCC2)cc1. The van der Waals surface area contributed by atoms with E-state index < -0.39 is 0 Å². The van der Waals surface area contributed by atoms with Crippen molar-refractivity contribution in [3.63, 3.8) is 0 Å². The van der Waals surface area contributed by atoms with Gasteiger partial charge in [-0.3, -0.25) is 9.59 Å². The van der Waals surface area contributed by atoms with Gasteiger partial charge in [-0.25, -0.2) is 0 Å². The maximum absolute atomic E-state index is 13.1. The zero-order valence-corrected chi connectivity index (χ0v) is 18.6. The van der Waals surface area contributed by atoms with Gasteiger partial charge in [0.05, 0.1) is 12.5 Å². The molecule has 0 spiro atoms. The lowest BCUT2D eigenvalue weighted by atomic mass is 9.97. The lowest BCUT2D eigenvalue weighted by Gasteiger charge is -2.39. The van der Waals surface area contributed by atoms with Crippen molar-refractivity contribution in [1.82, 2.24) is 9.80 Å². The number of nitrogens with zero attached hydrogens (tertiary/aromatic N) is 3. The van der Waals surface area contributed by atoms with Crippen LogP contribution in [-0.2, 0) is 9.53 Å². The van der Waals surface area contributed by atoms with E-state index in [1.807, 2.05) is 4.90 Å². The van der Waals surface area contributed by atoms with Crippen LogP contribution in [0.2, 0.25) is 0 Å². The largest absolute Gasteiger partial charge is 0.484 e. The monoisotopic (exact) mass is 427 g/mol. The van der Waals surface area contributed by atoms with Crippen LogP contribution >= 0.6 is 0 Å². The zero-order chi connectivity index (χ0) is 22.2. The molecular formula is C24H33N3O4. The number of likely N-dealkylation sites (tertiary alicyclic amines) is 1.